The molecule has 1 aromatic carbocycles. The molecule has 0 bridgehead atoms. The van der Waals surface area contributed by atoms with Gasteiger partial charge < -0.3 is 15.4 Å². The van der Waals surface area contributed by atoms with Crippen molar-refractivity contribution < 1.29 is 13.9 Å². The van der Waals surface area contributed by atoms with Gasteiger partial charge in [0.25, 0.3) is 5.91 Å². The average molecular weight is 273 g/mol. The summed E-state index contributed by atoms with van der Waals surface area (Å²) in [6.45, 7) is 0.500. The molecule has 2 aromatic rings. The lowest BCUT2D eigenvalue weighted by Gasteiger charge is -2.17. The molecule has 0 spiro atoms. The molecule has 0 radical (unpaired) electrons. The van der Waals surface area contributed by atoms with E-state index in [1.54, 1.807) is 24.3 Å². The fourth-order valence-electron chi connectivity index (χ4n) is 1.86. The monoisotopic (exact) mass is 273 g/mol. The van der Waals surface area contributed by atoms with E-state index in [4.69, 9.17) is 4.74 Å². The van der Waals surface area contributed by atoms with Crippen molar-refractivity contribution in [1.82, 2.24) is 4.98 Å². The van der Waals surface area contributed by atoms with Crippen molar-refractivity contribution in [1.29, 1.82) is 0 Å². The molecule has 0 aliphatic carbocycles. The van der Waals surface area contributed by atoms with Gasteiger partial charge in [0, 0.05) is 6.54 Å². The summed E-state index contributed by atoms with van der Waals surface area (Å²) in [6, 6.07) is 9.71. The Labute approximate surface area is 114 Å². The molecule has 0 saturated carbocycles. The first-order chi connectivity index (χ1) is 9.70. The first kappa shape index (κ1) is 12.4. The van der Waals surface area contributed by atoms with E-state index in [-0.39, 0.29) is 18.3 Å². The lowest BCUT2D eigenvalue weighted by atomic mass is 10.2. The smallest absolute Gasteiger partial charge is 0.262 e. The number of pyridine rings is 1. The van der Waals surface area contributed by atoms with Crippen LogP contribution in [0.4, 0.5) is 15.9 Å². The number of ether oxygens (including phenoxy) is 1. The van der Waals surface area contributed by atoms with E-state index in [1.807, 2.05) is 0 Å². The number of rotatable bonds is 3. The predicted molar refractivity (Wildman–Crippen MR) is 72.1 cm³/mol. The first-order valence-corrected chi connectivity index (χ1v) is 6.13. The van der Waals surface area contributed by atoms with E-state index >= 15 is 0 Å². The van der Waals surface area contributed by atoms with Gasteiger partial charge in [0.05, 0.1) is 0 Å². The highest BCUT2D eigenvalue weighted by Crippen LogP contribution is 2.26. The highest BCUT2D eigenvalue weighted by Gasteiger charge is 2.17. The minimum Gasteiger partial charge on any atom is -0.466 e. The topological polar surface area (TPSA) is 63.2 Å². The lowest BCUT2D eigenvalue weighted by molar-refractivity contribution is -0.118. The zero-order valence-corrected chi connectivity index (χ0v) is 10.5. The van der Waals surface area contributed by atoms with Gasteiger partial charge in [0.2, 0.25) is 5.88 Å². The highest BCUT2D eigenvalue weighted by molar-refractivity contribution is 5.94. The third-order valence-corrected chi connectivity index (χ3v) is 2.86. The molecule has 2 N–H and O–H groups in total. The van der Waals surface area contributed by atoms with Crippen molar-refractivity contribution in [2.45, 2.75) is 6.54 Å². The summed E-state index contributed by atoms with van der Waals surface area (Å²) in [5, 5.41) is 5.79. The van der Waals surface area contributed by atoms with Crippen molar-refractivity contribution >= 4 is 17.4 Å². The quantitative estimate of drug-likeness (QED) is 0.899. The Bertz CT molecular complexity index is 643. The molecule has 5 nitrogen and oxygen atoms in total. The lowest BCUT2D eigenvalue weighted by Crippen LogP contribution is -2.26. The standard InChI is InChI=1S/C14H12FN3O2/c15-10-3-1-9(2-4-10)7-16-12-6-5-11-14(18-12)20-8-13(19)17-11/h1-6H,7-8H2,(H,16,18)(H,17,19). The van der Waals surface area contributed by atoms with Crippen LogP contribution in [0.25, 0.3) is 0 Å². The van der Waals surface area contributed by atoms with E-state index < -0.39 is 0 Å². The summed E-state index contributed by atoms with van der Waals surface area (Å²) in [4.78, 5) is 15.4. The molecule has 3 rings (SSSR count). The Hall–Kier alpha value is -2.63. The molecule has 20 heavy (non-hydrogen) atoms. The molecule has 102 valence electrons. The van der Waals surface area contributed by atoms with Gasteiger partial charge >= 0.3 is 0 Å². The maximum atomic E-state index is 12.8. The molecule has 0 atom stereocenters. The summed E-state index contributed by atoms with van der Waals surface area (Å²) >= 11 is 0. The molecular weight excluding hydrogens is 261 g/mol. The Balaban J connectivity index is 1.69. The Morgan fingerprint density at radius 1 is 1.25 bits per heavy atom. The molecule has 0 fully saturated rings. The predicted octanol–water partition coefficient (Wildman–Crippen LogP) is 2.16. The van der Waals surface area contributed by atoms with Crippen LogP contribution >= 0.6 is 0 Å². The Kier molecular flexibility index (Phi) is 3.20. The fraction of sp³-hybridized carbons (Fsp3) is 0.143. The number of nitrogens with one attached hydrogen (secondary N) is 2. The number of aromatic nitrogens is 1. The van der Waals surface area contributed by atoms with Crippen LogP contribution in [0.1, 0.15) is 5.56 Å². The second-order valence-electron chi connectivity index (χ2n) is 4.37. The fourth-order valence-corrected chi connectivity index (χ4v) is 1.86. The molecular formula is C14H12FN3O2. The van der Waals surface area contributed by atoms with Gasteiger partial charge in [0.15, 0.2) is 6.61 Å². The Morgan fingerprint density at radius 3 is 2.85 bits per heavy atom. The van der Waals surface area contributed by atoms with Crippen molar-refractivity contribution in [2.24, 2.45) is 0 Å². The summed E-state index contributed by atoms with van der Waals surface area (Å²) in [5.41, 5.74) is 1.51. The van der Waals surface area contributed by atoms with E-state index in [9.17, 15) is 9.18 Å². The van der Waals surface area contributed by atoms with Gasteiger partial charge in [-0.2, -0.15) is 4.98 Å². The van der Waals surface area contributed by atoms with Gasteiger partial charge in [-0.15, -0.1) is 0 Å². The third-order valence-electron chi connectivity index (χ3n) is 2.86. The van der Waals surface area contributed by atoms with E-state index in [1.165, 1.54) is 12.1 Å². The van der Waals surface area contributed by atoms with Gasteiger partial charge in [0.1, 0.15) is 17.3 Å². The SMILES string of the molecule is O=C1COc2nc(NCc3ccc(F)cc3)ccc2N1. The molecule has 0 saturated heterocycles. The molecule has 2 heterocycles. The zero-order chi connectivity index (χ0) is 13.9. The van der Waals surface area contributed by atoms with Gasteiger partial charge in [-0.1, -0.05) is 12.1 Å². The summed E-state index contributed by atoms with van der Waals surface area (Å²) in [7, 11) is 0. The molecule has 1 aromatic heterocycles. The van der Waals surface area contributed by atoms with Crippen LogP contribution in [-0.2, 0) is 11.3 Å². The normalized spacial score (nSPS) is 13.2. The number of carbonyl (C=O) groups is 1. The minimum absolute atomic E-state index is 0.0264. The summed E-state index contributed by atoms with van der Waals surface area (Å²) in [5.74, 6) is 0.578. The zero-order valence-electron chi connectivity index (χ0n) is 10.5. The van der Waals surface area contributed by atoms with E-state index in [0.29, 0.717) is 23.9 Å². The van der Waals surface area contributed by atoms with Crippen LogP contribution < -0.4 is 15.4 Å². The molecule has 1 amide bonds. The number of anilines is 2. The summed E-state index contributed by atoms with van der Waals surface area (Å²) in [6.07, 6.45) is 0. The largest absolute Gasteiger partial charge is 0.466 e. The van der Waals surface area contributed by atoms with Crippen LogP contribution in [0.5, 0.6) is 5.88 Å². The number of benzene rings is 1. The van der Waals surface area contributed by atoms with E-state index in [0.717, 1.165) is 5.56 Å². The number of amides is 1. The molecule has 1 aliphatic heterocycles. The van der Waals surface area contributed by atoms with Crippen LogP contribution in [0.15, 0.2) is 36.4 Å². The first-order valence-electron chi connectivity index (χ1n) is 6.13. The van der Waals surface area contributed by atoms with Crippen LogP contribution in [-0.4, -0.2) is 17.5 Å². The van der Waals surface area contributed by atoms with Gasteiger partial charge in [-0.25, -0.2) is 4.39 Å². The number of fused-ring (bicyclic) bond motifs is 1. The Morgan fingerprint density at radius 2 is 2.05 bits per heavy atom. The van der Waals surface area contributed by atoms with E-state index in [2.05, 4.69) is 15.6 Å². The summed E-state index contributed by atoms with van der Waals surface area (Å²) < 4.78 is 18.0. The average Bonchev–Trinajstić information content (AvgIpc) is 2.46. The highest BCUT2D eigenvalue weighted by atomic mass is 19.1. The third kappa shape index (κ3) is 2.69. The number of nitrogens with zero attached hydrogens (tertiary/aromatic N) is 1. The van der Waals surface area contributed by atoms with Gasteiger partial charge in [-0.05, 0) is 29.8 Å². The number of hydrogen-bond acceptors (Lipinski definition) is 4. The van der Waals surface area contributed by atoms with Crippen LogP contribution in [0.3, 0.4) is 0 Å². The van der Waals surface area contributed by atoms with Gasteiger partial charge in [-0.3, -0.25) is 4.79 Å². The second-order valence-corrected chi connectivity index (χ2v) is 4.37. The van der Waals surface area contributed by atoms with Crippen molar-refractivity contribution in [3.05, 3.63) is 47.8 Å². The second kappa shape index (κ2) is 5.16. The molecule has 1 aliphatic rings. The van der Waals surface area contributed by atoms with Crippen molar-refractivity contribution in [3.63, 3.8) is 0 Å². The number of hydrogen-bond donors (Lipinski definition) is 2. The van der Waals surface area contributed by atoms with Crippen LogP contribution in [0.2, 0.25) is 0 Å². The maximum absolute atomic E-state index is 12.8. The van der Waals surface area contributed by atoms with Crippen LogP contribution in [0, 0.1) is 5.82 Å². The minimum atomic E-state index is -0.259. The number of halogens is 1. The van der Waals surface area contributed by atoms with Crippen molar-refractivity contribution in [2.75, 3.05) is 17.2 Å². The molecule has 0 unspecified atom stereocenters. The van der Waals surface area contributed by atoms with Crippen molar-refractivity contribution in [3.8, 4) is 5.88 Å². The maximum Gasteiger partial charge on any atom is 0.262 e. The molecule has 6 heteroatoms. The number of carbonyl (C=O) groups excluding carboxylic acids is 1.